The van der Waals surface area contributed by atoms with Crippen LogP contribution in [0.1, 0.15) is 6.92 Å². The van der Waals surface area contributed by atoms with Crippen LogP contribution in [0, 0.1) is 0 Å². The number of alkyl halides is 3. The van der Waals surface area contributed by atoms with E-state index >= 15 is 0 Å². The van der Waals surface area contributed by atoms with Crippen LogP contribution >= 0.6 is 0 Å². The van der Waals surface area contributed by atoms with Gasteiger partial charge in [-0.1, -0.05) is 18.2 Å². The Bertz CT molecular complexity index is 512. The van der Waals surface area contributed by atoms with E-state index in [1.54, 1.807) is 18.2 Å². The van der Waals surface area contributed by atoms with E-state index in [9.17, 15) is 22.8 Å². The second-order valence-electron chi connectivity index (χ2n) is 3.47. The van der Waals surface area contributed by atoms with Crippen molar-refractivity contribution in [1.82, 2.24) is 0 Å². The van der Waals surface area contributed by atoms with Crippen molar-refractivity contribution in [2.75, 3.05) is 11.9 Å². The van der Waals surface area contributed by atoms with Crippen LogP contribution in [0.2, 0.25) is 0 Å². The van der Waals surface area contributed by atoms with Crippen LogP contribution in [0.15, 0.2) is 35.3 Å². The van der Waals surface area contributed by atoms with Crippen molar-refractivity contribution in [3.8, 4) is 0 Å². The van der Waals surface area contributed by atoms with E-state index in [4.69, 9.17) is 0 Å². The number of esters is 1. The van der Waals surface area contributed by atoms with Crippen molar-refractivity contribution in [1.29, 1.82) is 0 Å². The Kier molecular flexibility index (Phi) is 5.24. The molecule has 0 aromatic heterocycles. The Morgan fingerprint density at radius 1 is 1.25 bits per heavy atom. The highest BCUT2D eigenvalue weighted by atomic mass is 19.4. The SMILES string of the molecule is CCOC(=O)/C(=N\C(=O)Nc1ccccc1)C(F)(F)F. The number of carbonyl (C=O) groups excluding carboxylic acids is 2. The molecule has 0 aliphatic carbocycles. The number of hydrogen-bond donors (Lipinski definition) is 1. The summed E-state index contributed by atoms with van der Waals surface area (Å²) in [6, 6.07) is 6.44. The van der Waals surface area contributed by atoms with Gasteiger partial charge in [-0.05, 0) is 19.1 Å². The number of rotatable bonds is 3. The third-order valence-electron chi connectivity index (χ3n) is 1.98. The number of halogens is 3. The maximum Gasteiger partial charge on any atom is 0.440 e. The van der Waals surface area contributed by atoms with Crippen molar-refractivity contribution < 1.29 is 27.5 Å². The Labute approximate surface area is 112 Å². The lowest BCUT2D eigenvalue weighted by Gasteiger charge is -2.09. The standard InChI is InChI=1S/C12H11F3N2O3/c1-2-20-10(18)9(12(13,14)15)17-11(19)16-8-6-4-3-5-7-8/h3-7H,2H2,1H3,(H,16,19)/b17-9+. The molecule has 5 nitrogen and oxygen atoms in total. The molecule has 1 N–H and O–H groups in total. The van der Waals surface area contributed by atoms with Crippen LogP contribution in [-0.2, 0) is 9.53 Å². The van der Waals surface area contributed by atoms with Gasteiger partial charge in [0, 0.05) is 5.69 Å². The third kappa shape index (κ3) is 4.71. The van der Waals surface area contributed by atoms with Crippen molar-refractivity contribution in [3.63, 3.8) is 0 Å². The minimum absolute atomic E-state index is 0.256. The van der Waals surface area contributed by atoms with Gasteiger partial charge in [0.1, 0.15) is 0 Å². The molecule has 20 heavy (non-hydrogen) atoms. The van der Waals surface area contributed by atoms with Crippen molar-refractivity contribution >= 4 is 23.4 Å². The van der Waals surface area contributed by atoms with Crippen LogP contribution in [-0.4, -0.2) is 30.5 Å². The van der Waals surface area contributed by atoms with Gasteiger partial charge in [-0.25, -0.2) is 9.59 Å². The summed E-state index contributed by atoms with van der Waals surface area (Å²) in [6.45, 7) is 1.09. The predicted molar refractivity (Wildman–Crippen MR) is 65.6 cm³/mol. The number of anilines is 1. The maximum atomic E-state index is 12.6. The summed E-state index contributed by atoms with van der Waals surface area (Å²) in [4.78, 5) is 25.2. The molecule has 0 saturated heterocycles. The van der Waals surface area contributed by atoms with Crippen LogP contribution < -0.4 is 5.32 Å². The van der Waals surface area contributed by atoms with Crippen LogP contribution in [0.25, 0.3) is 0 Å². The molecule has 0 aliphatic rings. The molecule has 0 radical (unpaired) electrons. The largest absolute Gasteiger partial charge is 0.461 e. The molecule has 0 aliphatic heterocycles. The number of ether oxygens (including phenoxy) is 1. The number of hydrogen-bond acceptors (Lipinski definition) is 3. The number of nitrogens with zero attached hydrogens (tertiary/aromatic N) is 1. The lowest BCUT2D eigenvalue weighted by Crippen LogP contribution is -2.34. The van der Waals surface area contributed by atoms with Gasteiger partial charge in [-0.2, -0.15) is 18.2 Å². The molecular weight excluding hydrogens is 277 g/mol. The van der Waals surface area contributed by atoms with E-state index in [2.05, 4.69) is 15.0 Å². The summed E-state index contributed by atoms with van der Waals surface area (Å²) in [6.07, 6.45) is -5.07. The molecule has 0 unspecified atom stereocenters. The van der Waals surface area contributed by atoms with E-state index in [1.165, 1.54) is 19.1 Å². The van der Waals surface area contributed by atoms with E-state index in [0.29, 0.717) is 0 Å². The lowest BCUT2D eigenvalue weighted by atomic mass is 10.3. The van der Waals surface area contributed by atoms with E-state index < -0.39 is 23.9 Å². The fourth-order valence-electron chi connectivity index (χ4n) is 1.20. The molecule has 0 bridgehead atoms. The summed E-state index contributed by atoms with van der Waals surface area (Å²) in [5, 5.41) is 2.11. The minimum atomic E-state index is -5.07. The van der Waals surface area contributed by atoms with Gasteiger partial charge >= 0.3 is 18.2 Å². The first-order valence-electron chi connectivity index (χ1n) is 5.53. The highest BCUT2D eigenvalue weighted by molar-refractivity contribution is 6.40. The Balaban J connectivity index is 2.90. The minimum Gasteiger partial charge on any atom is -0.461 e. The third-order valence-corrected chi connectivity index (χ3v) is 1.98. The van der Waals surface area contributed by atoms with E-state index in [0.717, 1.165) is 0 Å². The number of benzene rings is 1. The van der Waals surface area contributed by atoms with Crippen molar-refractivity contribution in [2.24, 2.45) is 4.99 Å². The first-order valence-corrected chi connectivity index (χ1v) is 5.53. The molecule has 0 fully saturated rings. The average Bonchev–Trinajstić information content (AvgIpc) is 2.36. The zero-order chi connectivity index (χ0) is 15.2. The van der Waals surface area contributed by atoms with Gasteiger partial charge < -0.3 is 10.1 Å². The van der Waals surface area contributed by atoms with Gasteiger partial charge in [0.2, 0.25) is 5.71 Å². The summed E-state index contributed by atoms with van der Waals surface area (Å²) >= 11 is 0. The first kappa shape index (κ1) is 15.7. The topological polar surface area (TPSA) is 67.8 Å². The fraction of sp³-hybridized carbons (Fsp3) is 0.250. The highest BCUT2D eigenvalue weighted by Gasteiger charge is 2.42. The molecule has 8 heteroatoms. The molecule has 0 spiro atoms. The van der Waals surface area contributed by atoms with E-state index in [1.807, 2.05) is 0 Å². The lowest BCUT2D eigenvalue weighted by molar-refractivity contribution is -0.139. The summed E-state index contributed by atoms with van der Waals surface area (Å²) < 4.78 is 42.0. The summed E-state index contributed by atoms with van der Waals surface area (Å²) in [5.74, 6) is -1.69. The molecule has 0 heterocycles. The quantitative estimate of drug-likeness (QED) is 0.687. The second-order valence-corrected chi connectivity index (χ2v) is 3.47. The van der Waals surface area contributed by atoms with Crippen LogP contribution in [0.4, 0.5) is 23.7 Å². The number of urea groups is 1. The number of carbonyl (C=O) groups is 2. The summed E-state index contributed by atoms with van der Waals surface area (Å²) in [7, 11) is 0. The van der Waals surface area contributed by atoms with Gasteiger partial charge in [0.25, 0.3) is 0 Å². The Morgan fingerprint density at radius 2 is 1.85 bits per heavy atom. The molecule has 0 saturated carbocycles. The predicted octanol–water partition coefficient (Wildman–Crippen LogP) is 2.78. The molecule has 0 atom stereocenters. The van der Waals surface area contributed by atoms with Gasteiger partial charge in [-0.15, -0.1) is 0 Å². The molecule has 1 aromatic carbocycles. The fourth-order valence-corrected chi connectivity index (χ4v) is 1.20. The van der Waals surface area contributed by atoms with Gasteiger partial charge in [0.05, 0.1) is 6.61 Å². The van der Waals surface area contributed by atoms with Crippen LogP contribution in [0.5, 0.6) is 0 Å². The average molecular weight is 288 g/mol. The number of amides is 2. The highest BCUT2D eigenvalue weighted by Crippen LogP contribution is 2.19. The van der Waals surface area contributed by atoms with Crippen LogP contribution in [0.3, 0.4) is 0 Å². The molecule has 2 amide bonds. The normalized spacial score (nSPS) is 11.9. The van der Waals surface area contributed by atoms with Crippen molar-refractivity contribution in [2.45, 2.75) is 13.1 Å². The smallest absolute Gasteiger partial charge is 0.440 e. The molecule has 108 valence electrons. The molecular formula is C12H11F3N2O3. The number of aliphatic imine (C=N–C) groups is 1. The molecule has 1 rings (SSSR count). The zero-order valence-corrected chi connectivity index (χ0v) is 10.4. The van der Waals surface area contributed by atoms with Gasteiger partial charge in [-0.3, -0.25) is 0 Å². The maximum absolute atomic E-state index is 12.6. The summed E-state index contributed by atoms with van der Waals surface area (Å²) in [5.41, 5.74) is -1.64. The van der Waals surface area contributed by atoms with Crippen molar-refractivity contribution in [3.05, 3.63) is 30.3 Å². The molecule has 1 aromatic rings. The first-order chi connectivity index (χ1) is 9.34. The Hall–Kier alpha value is -2.38. The zero-order valence-electron chi connectivity index (χ0n) is 10.4. The Morgan fingerprint density at radius 3 is 2.35 bits per heavy atom. The van der Waals surface area contributed by atoms with Gasteiger partial charge in [0.15, 0.2) is 0 Å². The monoisotopic (exact) mass is 288 g/mol. The van der Waals surface area contributed by atoms with E-state index in [-0.39, 0.29) is 12.3 Å². The number of para-hydroxylation sites is 1. The second kappa shape index (κ2) is 6.69. The number of nitrogens with one attached hydrogen (secondary N) is 1.